The number of nitrogens with zero attached hydrogens (tertiary/aromatic N) is 2. The van der Waals surface area contributed by atoms with Crippen LogP contribution in [0.1, 0.15) is 171 Å². The molecule has 86 heavy (non-hydrogen) atoms. The van der Waals surface area contributed by atoms with Crippen molar-refractivity contribution in [1.82, 2.24) is 9.80 Å². The second kappa shape index (κ2) is 33.8. The van der Waals surface area contributed by atoms with E-state index in [9.17, 15) is 28.8 Å². The van der Waals surface area contributed by atoms with Crippen LogP contribution in [-0.2, 0) is 52.4 Å². The van der Waals surface area contributed by atoms with Crippen molar-refractivity contribution >= 4 is 46.8 Å². The van der Waals surface area contributed by atoms with Gasteiger partial charge in [0.1, 0.15) is 24.4 Å². The Kier molecular flexibility index (Phi) is 29.2. The van der Waals surface area contributed by atoms with Gasteiger partial charge < -0.3 is 44.0 Å². The van der Waals surface area contributed by atoms with E-state index in [1.54, 1.807) is 38.1 Å². The van der Waals surface area contributed by atoms with Gasteiger partial charge in [-0.3, -0.25) is 24.0 Å². The molecule has 2 amide bonds. The summed E-state index contributed by atoms with van der Waals surface area (Å²) in [6.07, 6.45) is 0.747. The standard InChI is InChI=1S/C35H49NO6.C19H38N2O4.C15H11ClO2.CH4/c1-10-23(4)33(30(40-9)20-32(38)42-35(5,6)7)36(8)34(39)28(22(2)3)19-31(37)41-21-29-26-17-13-11-15-24(26)25-16-12-14-18-27(25)29;1-10-13(4)17(21(8)18(23)16(20)12(2)3)14(24-9)11-15(22)25-19(5,6)7;16-15(17)18-9-14-12-7-3-1-5-10(12)11-6-2-4-8-13(11)14;/h11-18,22-23,28-30,33H,10,19-21H2,1-9H3;12-14,16-17H,10-11,20H2,1-9H3;1-8,14H,9H2;1H4/t23-,28-,30+,33-;13-,14+,16-,17-;;/m00../s1. The molecule has 0 unspecified atom stereocenters. The van der Waals surface area contributed by atoms with Crippen LogP contribution in [0.5, 0.6) is 0 Å². The number of likely N-dealkylation sites (N-methyl/N-ethyl adjacent to an activating group) is 2. The number of amides is 2. The van der Waals surface area contributed by atoms with Gasteiger partial charge in [0.05, 0.1) is 55.5 Å². The summed E-state index contributed by atoms with van der Waals surface area (Å²) in [7, 11) is 6.60. The number of nitrogens with two attached hydrogens (primary N) is 1. The maximum atomic E-state index is 14.0. The van der Waals surface area contributed by atoms with E-state index in [0.717, 1.165) is 24.0 Å². The van der Waals surface area contributed by atoms with E-state index in [1.165, 1.54) is 33.4 Å². The topological polar surface area (TPSA) is 190 Å². The molecular formula is C70H102ClN3O12. The predicted octanol–water partition coefficient (Wildman–Crippen LogP) is 14.0. The van der Waals surface area contributed by atoms with Crippen molar-refractivity contribution in [2.24, 2.45) is 35.3 Å². The molecule has 4 aromatic rings. The van der Waals surface area contributed by atoms with Gasteiger partial charge >= 0.3 is 23.3 Å². The van der Waals surface area contributed by atoms with E-state index in [-0.39, 0.29) is 111 Å². The molecule has 0 aromatic heterocycles. The molecule has 476 valence electrons. The molecule has 0 heterocycles. The monoisotopic (exact) mass is 1210 g/mol. The lowest BCUT2D eigenvalue weighted by Gasteiger charge is -2.39. The Morgan fingerprint density at radius 3 is 1.13 bits per heavy atom. The van der Waals surface area contributed by atoms with Gasteiger partial charge in [-0.05, 0) is 110 Å². The minimum absolute atomic E-state index is 0. The van der Waals surface area contributed by atoms with Gasteiger partial charge in [-0.1, -0.05) is 173 Å². The summed E-state index contributed by atoms with van der Waals surface area (Å²) in [5, 5.41) is 0. The summed E-state index contributed by atoms with van der Waals surface area (Å²) >= 11 is 5.25. The summed E-state index contributed by atoms with van der Waals surface area (Å²) < 4.78 is 33.1. The van der Waals surface area contributed by atoms with Crippen molar-refractivity contribution in [2.75, 3.05) is 41.5 Å². The lowest BCUT2D eigenvalue weighted by Crippen LogP contribution is -2.55. The van der Waals surface area contributed by atoms with Gasteiger partial charge in [-0.2, -0.15) is 0 Å². The van der Waals surface area contributed by atoms with Crippen LogP contribution in [0, 0.1) is 29.6 Å². The second-order valence-electron chi connectivity index (χ2n) is 25.3. The van der Waals surface area contributed by atoms with E-state index in [4.69, 9.17) is 45.8 Å². The number of hydrogen-bond donors (Lipinski definition) is 1. The summed E-state index contributed by atoms with van der Waals surface area (Å²) in [4.78, 5) is 78.9. The average molecular weight is 1210 g/mol. The maximum absolute atomic E-state index is 14.0. The van der Waals surface area contributed by atoms with Crippen LogP contribution in [-0.4, -0.2) is 128 Å². The lowest BCUT2D eigenvalue weighted by atomic mass is 9.87. The Hall–Kier alpha value is -6.13. The Morgan fingerprint density at radius 2 is 0.837 bits per heavy atom. The zero-order chi connectivity index (χ0) is 63.7. The number of benzene rings is 4. The van der Waals surface area contributed by atoms with Gasteiger partial charge in [-0.15, -0.1) is 0 Å². The predicted molar refractivity (Wildman–Crippen MR) is 343 cm³/mol. The molecule has 15 nitrogen and oxygen atoms in total. The quantitative estimate of drug-likeness (QED) is 0.0396. The smallest absolute Gasteiger partial charge is 0.403 e. The summed E-state index contributed by atoms with van der Waals surface area (Å²) in [5.74, 6) is -1.77. The van der Waals surface area contributed by atoms with Gasteiger partial charge in [0.2, 0.25) is 11.8 Å². The third-order valence-corrected chi connectivity index (χ3v) is 16.3. The number of hydrogen-bond acceptors (Lipinski definition) is 13. The van der Waals surface area contributed by atoms with Crippen molar-refractivity contribution in [3.05, 3.63) is 119 Å². The summed E-state index contributed by atoms with van der Waals surface area (Å²) in [6, 6.07) is 31.6. The third-order valence-electron chi connectivity index (χ3n) is 16.2. The van der Waals surface area contributed by atoms with Crippen LogP contribution in [0.2, 0.25) is 0 Å². The number of halogens is 1. The molecule has 0 bridgehead atoms. The highest BCUT2D eigenvalue weighted by atomic mass is 35.5. The number of carbonyl (C=O) groups excluding carboxylic acids is 6. The molecule has 0 saturated carbocycles. The third kappa shape index (κ3) is 20.5. The number of rotatable bonds is 24. The van der Waals surface area contributed by atoms with Crippen molar-refractivity contribution in [2.45, 2.75) is 190 Å². The SMILES string of the molecule is C.CC[C@H](C)[C@@H]([C@@H](CC(=O)OC(C)(C)C)OC)N(C)C(=O)[C@@H](CC(=O)OCC1c2ccccc2-c2ccccc21)C(C)C.CC[C@H](C)[C@@H]([C@@H](CC(=O)OC(C)(C)C)OC)N(C)C(=O)[C@@H](N)C(C)C.O=C(Cl)OCC1c2ccccc2-c2ccccc21. The molecule has 4 aromatic carbocycles. The molecule has 2 N–H and O–H groups in total. The van der Waals surface area contributed by atoms with Gasteiger partial charge in [0.15, 0.2) is 0 Å². The van der Waals surface area contributed by atoms with Crippen LogP contribution in [0.25, 0.3) is 22.3 Å². The number of methoxy groups -OCH3 is 2. The minimum atomic E-state index is -0.753. The molecule has 0 aliphatic heterocycles. The van der Waals surface area contributed by atoms with Crippen LogP contribution in [0.15, 0.2) is 97.1 Å². The Labute approximate surface area is 519 Å². The van der Waals surface area contributed by atoms with Gasteiger partial charge in [0.25, 0.3) is 0 Å². The highest BCUT2D eigenvalue weighted by Gasteiger charge is 2.40. The van der Waals surface area contributed by atoms with Crippen molar-refractivity contribution < 1.29 is 57.2 Å². The molecule has 0 saturated heterocycles. The van der Waals surface area contributed by atoms with E-state index in [1.807, 2.05) is 132 Å². The molecular weight excluding hydrogens is 1110 g/mol. The second-order valence-corrected chi connectivity index (χ2v) is 25.6. The normalized spacial score (nSPS) is 15.3. The first-order chi connectivity index (χ1) is 39.9. The lowest BCUT2D eigenvalue weighted by molar-refractivity contribution is -0.162. The summed E-state index contributed by atoms with van der Waals surface area (Å²) in [6.45, 7) is 27.4. The van der Waals surface area contributed by atoms with Crippen LogP contribution in [0.3, 0.4) is 0 Å². The molecule has 0 fully saturated rings. The van der Waals surface area contributed by atoms with E-state index in [0.29, 0.717) is 0 Å². The number of ether oxygens (including phenoxy) is 6. The highest BCUT2D eigenvalue weighted by Crippen LogP contribution is 2.46. The first kappa shape index (κ1) is 74.1. The maximum Gasteiger partial charge on any atom is 0.403 e. The highest BCUT2D eigenvalue weighted by molar-refractivity contribution is 6.61. The Morgan fingerprint density at radius 1 is 0.512 bits per heavy atom. The zero-order valence-electron chi connectivity index (χ0n) is 53.9. The molecule has 0 radical (unpaired) electrons. The average Bonchev–Trinajstić information content (AvgIpc) is 4.04. The molecule has 2 aliphatic carbocycles. The molecule has 8 atom stereocenters. The first-order valence-corrected chi connectivity index (χ1v) is 30.4. The van der Waals surface area contributed by atoms with Crippen LogP contribution in [0.4, 0.5) is 4.79 Å². The fourth-order valence-electron chi connectivity index (χ4n) is 11.4. The van der Waals surface area contributed by atoms with Gasteiger partial charge in [-0.25, -0.2) is 4.79 Å². The first-order valence-electron chi connectivity index (χ1n) is 30.0. The van der Waals surface area contributed by atoms with Gasteiger partial charge in [0, 0.05) is 51.8 Å². The zero-order valence-corrected chi connectivity index (χ0v) is 54.6. The fraction of sp³-hybridized carbons (Fsp3) is 0.571. The van der Waals surface area contributed by atoms with E-state index in [2.05, 4.69) is 62.4 Å². The fourth-order valence-corrected chi connectivity index (χ4v) is 11.4. The molecule has 16 heteroatoms. The number of esters is 3. The Bertz CT molecular complexity index is 2750. The van der Waals surface area contributed by atoms with Crippen LogP contribution < -0.4 is 5.73 Å². The van der Waals surface area contributed by atoms with E-state index < -0.39 is 46.8 Å². The van der Waals surface area contributed by atoms with Crippen molar-refractivity contribution in [1.29, 1.82) is 0 Å². The van der Waals surface area contributed by atoms with Crippen molar-refractivity contribution in [3.8, 4) is 22.3 Å². The summed E-state index contributed by atoms with van der Waals surface area (Å²) in [5.41, 5.74) is 13.6. The number of carbonyl (C=O) groups is 6. The van der Waals surface area contributed by atoms with Crippen LogP contribution >= 0.6 is 11.6 Å². The number of fused-ring (bicyclic) bond motifs is 6. The minimum Gasteiger partial charge on any atom is -0.465 e. The van der Waals surface area contributed by atoms with E-state index >= 15 is 0 Å². The molecule has 6 rings (SSSR count). The van der Waals surface area contributed by atoms with Crippen molar-refractivity contribution in [3.63, 3.8) is 0 Å². The largest absolute Gasteiger partial charge is 0.465 e. The Balaban J connectivity index is 0.000000371. The molecule has 0 spiro atoms. The molecule has 2 aliphatic rings.